The lowest BCUT2D eigenvalue weighted by atomic mass is 10.1. The normalized spacial score (nSPS) is 11.4. The Morgan fingerprint density at radius 2 is 1.79 bits per heavy atom. The smallest absolute Gasteiger partial charge is 0.249 e. The molecule has 0 unspecified atom stereocenters. The highest BCUT2D eigenvalue weighted by atomic mass is 16.2. The van der Waals surface area contributed by atoms with Gasteiger partial charge in [0.25, 0.3) is 0 Å². The first-order chi connectivity index (χ1) is 11.4. The van der Waals surface area contributed by atoms with Gasteiger partial charge < -0.3 is 16.4 Å². The van der Waals surface area contributed by atoms with Gasteiger partial charge in [-0.1, -0.05) is 30.3 Å². The Labute approximate surface area is 140 Å². The molecule has 0 aliphatic heterocycles. The monoisotopic (exact) mass is 334 g/mol. The molecular weight excluding hydrogens is 312 g/mol. The summed E-state index contributed by atoms with van der Waals surface area (Å²) < 4.78 is 0. The van der Waals surface area contributed by atoms with Crippen LogP contribution in [-0.2, 0) is 25.6 Å². The van der Waals surface area contributed by atoms with Crippen molar-refractivity contribution in [1.29, 1.82) is 0 Å². The number of primary amides is 1. The van der Waals surface area contributed by atoms with E-state index in [1.54, 1.807) is 0 Å². The summed E-state index contributed by atoms with van der Waals surface area (Å²) in [4.78, 5) is 45.6. The zero-order valence-corrected chi connectivity index (χ0v) is 13.5. The maximum Gasteiger partial charge on any atom is 0.249 e. The van der Waals surface area contributed by atoms with Gasteiger partial charge in [-0.3, -0.25) is 24.5 Å². The van der Waals surface area contributed by atoms with Gasteiger partial charge in [-0.15, -0.1) is 0 Å². The van der Waals surface area contributed by atoms with E-state index in [4.69, 9.17) is 5.73 Å². The molecule has 0 aliphatic rings. The van der Waals surface area contributed by atoms with Gasteiger partial charge in [-0.05, 0) is 18.5 Å². The van der Waals surface area contributed by atoms with Crippen molar-refractivity contribution in [2.75, 3.05) is 13.1 Å². The fraction of sp³-hybridized carbons (Fsp3) is 0.375. The van der Waals surface area contributed by atoms with Crippen molar-refractivity contribution in [2.24, 2.45) is 5.73 Å². The number of carbonyl (C=O) groups is 4. The molecule has 0 aliphatic carbocycles. The highest BCUT2D eigenvalue weighted by Crippen LogP contribution is 1.98. The molecule has 0 fully saturated rings. The van der Waals surface area contributed by atoms with Crippen LogP contribution in [-0.4, -0.2) is 42.8 Å². The number of rotatable bonds is 9. The molecule has 5 N–H and O–H groups in total. The largest absolute Gasteiger partial charge is 0.370 e. The van der Waals surface area contributed by atoms with Crippen molar-refractivity contribution in [3.63, 3.8) is 0 Å². The molecule has 0 bridgehead atoms. The van der Waals surface area contributed by atoms with Crippen molar-refractivity contribution in [3.05, 3.63) is 35.9 Å². The SMILES string of the molecule is CC(=O)N[C@@H](CC(N)=O)C(=O)NC(=O)CNCCc1ccccc1. The van der Waals surface area contributed by atoms with Crippen LogP contribution >= 0.6 is 0 Å². The molecule has 1 atom stereocenters. The minimum absolute atomic E-state index is 0.0536. The van der Waals surface area contributed by atoms with E-state index < -0.39 is 29.7 Å². The number of benzene rings is 1. The highest BCUT2D eigenvalue weighted by Gasteiger charge is 2.23. The van der Waals surface area contributed by atoms with Gasteiger partial charge in [0.1, 0.15) is 6.04 Å². The number of hydrogen-bond donors (Lipinski definition) is 4. The average Bonchev–Trinajstić information content (AvgIpc) is 2.51. The molecule has 1 aromatic rings. The molecule has 8 heteroatoms. The van der Waals surface area contributed by atoms with Gasteiger partial charge in [0.05, 0.1) is 13.0 Å². The van der Waals surface area contributed by atoms with E-state index in [1.165, 1.54) is 6.92 Å². The standard InChI is InChI=1S/C16H22N4O4/c1-11(21)19-13(9-14(17)22)16(24)20-15(23)10-18-8-7-12-5-3-2-4-6-12/h2-6,13,18H,7-10H2,1H3,(H2,17,22)(H,19,21)(H,20,23,24)/t13-/m0/s1. The number of hydrogen-bond acceptors (Lipinski definition) is 5. The van der Waals surface area contributed by atoms with E-state index in [1.807, 2.05) is 30.3 Å². The van der Waals surface area contributed by atoms with E-state index in [0.717, 1.165) is 12.0 Å². The fourth-order valence-electron chi connectivity index (χ4n) is 2.00. The molecule has 4 amide bonds. The summed E-state index contributed by atoms with van der Waals surface area (Å²) >= 11 is 0. The van der Waals surface area contributed by atoms with Crippen LogP contribution in [0.15, 0.2) is 30.3 Å². The van der Waals surface area contributed by atoms with E-state index >= 15 is 0 Å². The van der Waals surface area contributed by atoms with Gasteiger partial charge in [0, 0.05) is 6.92 Å². The molecule has 0 radical (unpaired) electrons. The average molecular weight is 334 g/mol. The molecule has 130 valence electrons. The zero-order valence-electron chi connectivity index (χ0n) is 13.5. The van der Waals surface area contributed by atoms with E-state index in [-0.39, 0.29) is 13.0 Å². The van der Waals surface area contributed by atoms with Gasteiger partial charge in [0.2, 0.25) is 23.6 Å². The maximum atomic E-state index is 11.9. The Morgan fingerprint density at radius 1 is 1.12 bits per heavy atom. The predicted molar refractivity (Wildman–Crippen MR) is 87.6 cm³/mol. The molecule has 8 nitrogen and oxygen atoms in total. The lowest BCUT2D eigenvalue weighted by Crippen LogP contribution is -2.51. The molecular formula is C16H22N4O4. The van der Waals surface area contributed by atoms with Crippen LogP contribution in [0.5, 0.6) is 0 Å². The second-order valence-corrected chi connectivity index (χ2v) is 5.25. The molecule has 1 aromatic carbocycles. The summed E-state index contributed by atoms with van der Waals surface area (Å²) in [5, 5.41) is 7.32. The Kier molecular flexibility index (Phi) is 8.14. The first kappa shape index (κ1) is 19.3. The molecule has 1 rings (SSSR count). The van der Waals surface area contributed by atoms with Crippen molar-refractivity contribution in [2.45, 2.75) is 25.8 Å². The van der Waals surface area contributed by atoms with Crippen LogP contribution in [0.3, 0.4) is 0 Å². The van der Waals surface area contributed by atoms with Gasteiger partial charge in [-0.25, -0.2) is 0 Å². The van der Waals surface area contributed by atoms with Crippen LogP contribution in [0.1, 0.15) is 18.9 Å². The summed E-state index contributed by atoms with van der Waals surface area (Å²) in [6.45, 7) is 1.72. The van der Waals surface area contributed by atoms with Crippen molar-refractivity contribution in [3.8, 4) is 0 Å². The molecule has 0 saturated heterocycles. The molecule has 24 heavy (non-hydrogen) atoms. The summed E-state index contributed by atoms with van der Waals surface area (Å²) in [6, 6.07) is 8.59. The number of nitrogens with two attached hydrogens (primary N) is 1. The summed E-state index contributed by atoms with van der Waals surface area (Å²) in [5.41, 5.74) is 6.16. The number of nitrogens with one attached hydrogen (secondary N) is 3. The van der Waals surface area contributed by atoms with Gasteiger partial charge in [-0.2, -0.15) is 0 Å². The fourth-order valence-corrected chi connectivity index (χ4v) is 2.00. The van der Waals surface area contributed by atoms with Gasteiger partial charge in [0.15, 0.2) is 0 Å². The Bertz CT molecular complexity index is 573. The molecule has 0 aromatic heterocycles. The van der Waals surface area contributed by atoms with Crippen LogP contribution in [0.4, 0.5) is 0 Å². The van der Waals surface area contributed by atoms with Crippen molar-refractivity contribution >= 4 is 23.6 Å². The Morgan fingerprint density at radius 3 is 2.38 bits per heavy atom. The van der Waals surface area contributed by atoms with Gasteiger partial charge >= 0.3 is 0 Å². The maximum absolute atomic E-state index is 11.9. The first-order valence-electron chi connectivity index (χ1n) is 7.52. The Balaban J connectivity index is 2.34. The van der Waals surface area contributed by atoms with E-state index in [0.29, 0.717) is 6.54 Å². The van der Waals surface area contributed by atoms with Crippen LogP contribution < -0.4 is 21.7 Å². The van der Waals surface area contributed by atoms with Crippen molar-refractivity contribution in [1.82, 2.24) is 16.0 Å². The topological polar surface area (TPSA) is 130 Å². The van der Waals surface area contributed by atoms with E-state index in [9.17, 15) is 19.2 Å². The molecule has 0 saturated carbocycles. The van der Waals surface area contributed by atoms with Crippen molar-refractivity contribution < 1.29 is 19.2 Å². The van der Waals surface area contributed by atoms with Crippen LogP contribution in [0.25, 0.3) is 0 Å². The third-order valence-corrected chi connectivity index (χ3v) is 3.08. The minimum atomic E-state index is -1.16. The second kappa shape index (κ2) is 10.1. The third kappa shape index (κ3) is 8.04. The predicted octanol–water partition coefficient (Wildman–Crippen LogP) is -1.16. The van der Waals surface area contributed by atoms with Crippen LogP contribution in [0.2, 0.25) is 0 Å². The summed E-state index contributed by atoms with van der Waals surface area (Å²) in [6.07, 6.45) is 0.373. The van der Waals surface area contributed by atoms with E-state index in [2.05, 4.69) is 16.0 Å². The summed E-state index contributed by atoms with van der Waals surface area (Å²) in [5.74, 6) is -2.56. The lowest BCUT2D eigenvalue weighted by molar-refractivity contribution is -0.135. The number of carbonyl (C=O) groups excluding carboxylic acids is 4. The number of imide groups is 1. The molecule has 0 spiro atoms. The second-order valence-electron chi connectivity index (χ2n) is 5.25. The molecule has 0 heterocycles. The minimum Gasteiger partial charge on any atom is -0.370 e. The summed E-state index contributed by atoms with van der Waals surface area (Å²) in [7, 11) is 0. The first-order valence-corrected chi connectivity index (χ1v) is 7.52. The quantitative estimate of drug-likeness (QED) is 0.423. The van der Waals surface area contributed by atoms with Crippen LogP contribution in [0, 0.1) is 0 Å². The highest BCUT2D eigenvalue weighted by molar-refractivity contribution is 6.01. The zero-order chi connectivity index (χ0) is 17.9. The third-order valence-electron chi connectivity index (χ3n) is 3.08. The number of amides is 4. The Hall–Kier alpha value is -2.74. The lowest BCUT2D eigenvalue weighted by Gasteiger charge is -2.15.